The van der Waals surface area contributed by atoms with E-state index in [1.807, 2.05) is 18.3 Å². The summed E-state index contributed by atoms with van der Waals surface area (Å²) in [6.45, 7) is 3.70. The van der Waals surface area contributed by atoms with Gasteiger partial charge in [0.1, 0.15) is 0 Å². The summed E-state index contributed by atoms with van der Waals surface area (Å²) in [5.41, 5.74) is 1.16. The molecule has 0 saturated carbocycles. The van der Waals surface area contributed by atoms with E-state index in [0.29, 0.717) is 12.6 Å². The minimum atomic E-state index is 0.129. The highest BCUT2D eigenvalue weighted by molar-refractivity contribution is 5.79. The molecule has 1 saturated heterocycles. The van der Waals surface area contributed by atoms with Crippen molar-refractivity contribution in [2.24, 2.45) is 5.92 Å². The van der Waals surface area contributed by atoms with Crippen molar-refractivity contribution in [2.45, 2.75) is 25.8 Å². The van der Waals surface area contributed by atoms with Crippen molar-refractivity contribution in [2.75, 3.05) is 13.1 Å². The second kappa shape index (κ2) is 5.77. The molecule has 17 heavy (non-hydrogen) atoms. The molecule has 1 aliphatic heterocycles. The third-order valence-electron chi connectivity index (χ3n) is 3.30. The Morgan fingerprint density at radius 1 is 1.65 bits per heavy atom. The lowest BCUT2D eigenvalue weighted by molar-refractivity contribution is -0.125. The van der Waals surface area contributed by atoms with Crippen LogP contribution in [0.3, 0.4) is 0 Å². The zero-order chi connectivity index (χ0) is 12.1. The highest BCUT2D eigenvalue weighted by Gasteiger charge is 2.28. The fourth-order valence-electron chi connectivity index (χ4n) is 2.22. The number of carbonyl (C=O) groups is 1. The van der Waals surface area contributed by atoms with E-state index >= 15 is 0 Å². The van der Waals surface area contributed by atoms with Gasteiger partial charge in [0.15, 0.2) is 0 Å². The molecule has 2 heterocycles. The van der Waals surface area contributed by atoms with Crippen LogP contribution < -0.4 is 10.6 Å². The van der Waals surface area contributed by atoms with E-state index in [4.69, 9.17) is 0 Å². The number of carbonyl (C=O) groups excluding carboxylic acids is 1. The second-order valence-electron chi connectivity index (χ2n) is 4.54. The normalized spacial score (nSPS) is 23.6. The molecule has 0 aliphatic carbocycles. The Labute approximate surface area is 102 Å². The first-order valence-electron chi connectivity index (χ1n) is 6.17. The standard InChI is InChI=1S/C13H19N3O/c1-10-12(5-8-15-10)13(17)16-7-4-11-3-2-6-14-9-11/h2-3,6,9-10,12,15H,4-5,7-8H2,1H3,(H,16,17). The van der Waals surface area contributed by atoms with Crippen molar-refractivity contribution < 1.29 is 4.79 Å². The van der Waals surface area contributed by atoms with Crippen LogP contribution in [-0.4, -0.2) is 30.0 Å². The van der Waals surface area contributed by atoms with Gasteiger partial charge in [0, 0.05) is 25.0 Å². The number of amides is 1. The Kier molecular flexibility index (Phi) is 4.09. The number of hydrogen-bond acceptors (Lipinski definition) is 3. The minimum Gasteiger partial charge on any atom is -0.355 e. The third-order valence-corrected chi connectivity index (χ3v) is 3.30. The maximum Gasteiger partial charge on any atom is 0.224 e. The topological polar surface area (TPSA) is 54.0 Å². The number of nitrogens with zero attached hydrogens (tertiary/aromatic N) is 1. The van der Waals surface area contributed by atoms with Gasteiger partial charge in [-0.3, -0.25) is 9.78 Å². The van der Waals surface area contributed by atoms with Crippen molar-refractivity contribution in [1.29, 1.82) is 0 Å². The summed E-state index contributed by atoms with van der Waals surface area (Å²) < 4.78 is 0. The van der Waals surface area contributed by atoms with Crippen LogP contribution in [0.5, 0.6) is 0 Å². The Morgan fingerprint density at radius 2 is 2.53 bits per heavy atom. The molecule has 1 aromatic rings. The molecular weight excluding hydrogens is 214 g/mol. The summed E-state index contributed by atoms with van der Waals surface area (Å²) in [6.07, 6.45) is 5.38. The molecule has 0 radical (unpaired) electrons. The van der Waals surface area contributed by atoms with Gasteiger partial charge in [-0.05, 0) is 37.9 Å². The smallest absolute Gasteiger partial charge is 0.224 e. The van der Waals surface area contributed by atoms with Crippen LogP contribution in [0.4, 0.5) is 0 Å². The van der Waals surface area contributed by atoms with Crippen LogP contribution in [0.15, 0.2) is 24.5 Å². The van der Waals surface area contributed by atoms with E-state index in [1.165, 1.54) is 0 Å². The molecule has 4 nitrogen and oxygen atoms in total. The molecule has 2 atom stereocenters. The average Bonchev–Trinajstić information content (AvgIpc) is 2.77. The predicted molar refractivity (Wildman–Crippen MR) is 66.5 cm³/mol. The highest BCUT2D eigenvalue weighted by Crippen LogP contribution is 2.14. The summed E-state index contributed by atoms with van der Waals surface area (Å²) in [6, 6.07) is 4.24. The number of pyridine rings is 1. The van der Waals surface area contributed by atoms with E-state index in [9.17, 15) is 4.79 Å². The van der Waals surface area contributed by atoms with Crippen molar-refractivity contribution in [3.63, 3.8) is 0 Å². The van der Waals surface area contributed by atoms with Gasteiger partial charge in [-0.1, -0.05) is 6.07 Å². The molecule has 4 heteroatoms. The first-order chi connectivity index (χ1) is 8.27. The molecule has 1 aliphatic rings. The third kappa shape index (κ3) is 3.27. The van der Waals surface area contributed by atoms with Crippen LogP contribution in [0, 0.1) is 5.92 Å². The van der Waals surface area contributed by atoms with Gasteiger partial charge in [0.2, 0.25) is 5.91 Å². The van der Waals surface area contributed by atoms with E-state index < -0.39 is 0 Å². The number of rotatable bonds is 4. The minimum absolute atomic E-state index is 0.129. The van der Waals surface area contributed by atoms with Gasteiger partial charge in [0.05, 0.1) is 5.92 Å². The zero-order valence-corrected chi connectivity index (χ0v) is 10.1. The van der Waals surface area contributed by atoms with Gasteiger partial charge in [0.25, 0.3) is 0 Å². The summed E-state index contributed by atoms with van der Waals surface area (Å²) in [5, 5.41) is 6.28. The van der Waals surface area contributed by atoms with Crippen LogP contribution in [0.2, 0.25) is 0 Å². The lowest BCUT2D eigenvalue weighted by Crippen LogP contribution is -2.37. The summed E-state index contributed by atoms with van der Waals surface area (Å²) in [7, 11) is 0. The molecule has 1 fully saturated rings. The number of hydrogen-bond donors (Lipinski definition) is 2. The molecule has 2 unspecified atom stereocenters. The number of nitrogens with one attached hydrogen (secondary N) is 2. The van der Waals surface area contributed by atoms with Crippen LogP contribution in [0.1, 0.15) is 18.9 Å². The Balaban J connectivity index is 1.73. The highest BCUT2D eigenvalue weighted by atomic mass is 16.1. The van der Waals surface area contributed by atoms with Crippen LogP contribution >= 0.6 is 0 Å². The van der Waals surface area contributed by atoms with Crippen molar-refractivity contribution >= 4 is 5.91 Å². The molecule has 0 bridgehead atoms. The lowest BCUT2D eigenvalue weighted by Gasteiger charge is -2.14. The van der Waals surface area contributed by atoms with Crippen molar-refractivity contribution in [3.8, 4) is 0 Å². The Hall–Kier alpha value is -1.42. The molecule has 2 rings (SSSR count). The molecule has 1 aromatic heterocycles. The molecule has 0 aromatic carbocycles. The van der Waals surface area contributed by atoms with Gasteiger partial charge in [-0.15, -0.1) is 0 Å². The SMILES string of the molecule is CC1NCCC1C(=O)NCCc1cccnc1. The van der Waals surface area contributed by atoms with Crippen LogP contribution in [-0.2, 0) is 11.2 Å². The summed E-state index contributed by atoms with van der Waals surface area (Å²) in [4.78, 5) is 15.9. The fourth-order valence-corrected chi connectivity index (χ4v) is 2.22. The van der Waals surface area contributed by atoms with Gasteiger partial charge in [-0.25, -0.2) is 0 Å². The van der Waals surface area contributed by atoms with Crippen molar-refractivity contribution in [1.82, 2.24) is 15.6 Å². The molecule has 0 spiro atoms. The predicted octanol–water partition coefficient (Wildman–Crippen LogP) is 0.738. The maximum atomic E-state index is 11.9. The molecule has 1 amide bonds. The van der Waals surface area contributed by atoms with Crippen LogP contribution in [0.25, 0.3) is 0 Å². The molecule has 2 N–H and O–H groups in total. The zero-order valence-electron chi connectivity index (χ0n) is 10.1. The first kappa shape index (κ1) is 12.0. The summed E-state index contributed by atoms with van der Waals surface area (Å²) >= 11 is 0. The largest absolute Gasteiger partial charge is 0.355 e. The Bertz CT molecular complexity index is 366. The molecular formula is C13H19N3O. The fraction of sp³-hybridized carbons (Fsp3) is 0.538. The summed E-state index contributed by atoms with van der Waals surface area (Å²) in [5.74, 6) is 0.301. The monoisotopic (exact) mass is 233 g/mol. The quantitative estimate of drug-likeness (QED) is 0.806. The molecule has 92 valence electrons. The van der Waals surface area contributed by atoms with E-state index in [-0.39, 0.29) is 11.8 Å². The Morgan fingerprint density at radius 3 is 3.18 bits per heavy atom. The van der Waals surface area contributed by atoms with Crippen molar-refractivity contribution in [3.05, 3.63) is 30.1 Å². The second-order valence-corrected chi connectivity index (χ2v) is 4.54. The van der Waals surface area contributed by atoms with E-state index in [2.05, 4.69) is 22.5 Å². The van der Waals surface area contributed by atoms with Gasteiger partial charge < -0.3 is 10.6 Å². The lowest BCUT2D eigenvalue weighted by atomic mass is 10.0. The average molecular weight is 233 g/mol. The van der Waals surface area contributed by atoms with E-state index in [1.54, 1.807) is 6.20 Å². The first-order valence-corrected chi connectivity index (χ1v) is 6.17. The van der Waals surface area contributed by atoms with Gasteiger partial charge >= 0.3 is 0 Å². The van der Waals surface area contributed by atoms with Gasteiger partial charge in [-0.2, -0.15) is 0 Å². The van der Waals surface area contributed by atoms with E-state index in [0.717, 1.165) is 24.9 Å². The maximum absolute atomic E-state index is 11.9. The number of aromatic nitrogens is 1.